The predicted octanol–water partition coefficient (Wildman–Crippen LogP) is 4.10. The normalized spacial score (nSPS) is 13.5. The molecule has 0 fully saturated rings. The summed E-state index contributed by atoms with van der Waals surface area (Å²) in [5, 5.41) is 13.8. The highest BCUT2D eigenvalue weighted by atomic mass is 16.5. The third kappa shape index (κ3) is 16.2. The zero-order valence-corrected chi connectivity index (χ0v) is 32.0. The Bertz CT molecular complexity index is 1260. The standard InChI is InChI=1S/C38H63N5O7/c1-11-12-13-14-18-21-31(44)39-28(22-25(2)3)32(45)42-37(6,7)35(48)40-29(23-26(4)5)33(46)43-38(8,9)36(49)41-30(34(47)50-10)24-27-19-16-15-17-20-27/h15-17,19-20,25-26,28-30H,11-14,18,21-24H2,1-10H3,(H,39,44)(H,40,48)(H,41,49)(H,42,45)(H,43,46)/t28-,29-,30-/m0/s1. The van der Waals surface area contributed by atoms with Crippen LogP contribution < -0.4 is 26.6 Å². The predicted molar refractivity (Wildman–Crippen MR) is 195 cm³/mol. The summed E-state index contributed by atoms with van der Waals surface area (Å²) in [5.41, 5.74) is -2.09. The van der Waals surface area contributed by atoms with Crippen molar-refractivity contribution in [2.75, 3.05) is 7.11 Å². The molecule has 0 spiro atoms. The summed E-state index contributed by atoms with van der Waals surface area (Å²) in [4.78, 5) is 79.2. The highest BCUT2D eigenvalue weighted by Gasteiger charge is 2.38. The highest BCUT2D eigenvalue weighted by Crippen LogP contribution is 2.14. The van der Waals surface area contributed by atoms with Crippen LogP contribution in [0.1, 0.15) is 119 Å². The summed E-state index contributed by atoms with van der Waals surface area (Å²) >= 11 is 0. The largest absolute Gasteiger partial charge is 0.467 e. The number of ether oxygens (including phenoxy) is 1. The van der Waals surface area contributed by atoms with Gasteiger partial charge in [0.1, 0.15) is 29.2 Å². The average molecular weight is 702 g/mol. The van der Waals surface area contributed by atoms with Crippen LogP contribution in [-0.4, -0.2) is 71.8 Å². The number of nitrogens with one attached hydrogen (secondary N) is 5. The Morgan fingerprint density at radius 3 is 1.58 bits per heavy atom. The molecule has 0 aliphatic heterocycles. The van der Waals surface area contributed by atoms with Gasteiger partial charge in [-0.25, -0.2) is 4.79 Å². The Labute approximate surface area is 299 Å². The third-order valence-corrected chi connectivity index (χ3v) is 8.28. The van der Waals surface area contributed by atoms with E-state index < -0.39 is 58.8 Å². The van der Waals surface area contributed by atoms with Crippen molar-refractivity contribution < 1.29 is 33.5 Å². The molecule has 1 rings (SSSR count). The molecule has 0 aromatic heterocycles. The Morgan fingerprint density at radius 2 is 1.12 bits per heavy atom. The van der Waals surface area contributed by atoms with Crippen LogP contribution in [0.4, 0.5) is 0 Å². The van der Waals surface area contributed by atoms with Gasteiger partial charge in [-0.1, -0.05) is 90.6 Å². The van der Waals surface area contributed by atoms with E-state index in [0.29, 0.717) is 12.8 Å². The lowest BCUT2D eigenvalue weighted by Crippen LogP contribution is -2.64. The van der Waals surface area contributed by atoms with Crippen LogP contribution in [0.25, 0.3) is 0 Å². The van der Waals surface area contributed by atoms with Crippen LogP contribution in [0, 0.1) is 11.8 Å². The number of unbranched alkanes of at least 4 members (excludes halogenated alkanes) is 4. The number of hydrogen-bond donors (Lipinski definition) is 5. The summed E-state index contributed by atoms with van der Waals surface area (Å²) in [6, 6.07) is 6.30. The molecule has 0 radical (unpaired) electrons. The molecule has 0 unspecified atom stereocenters. The van der Waals surface area contributed by atoms with Crippen LogP contribution in [0.5, 0.6) is 0 Å². The molecule has 5 N–H and O–H groups in total. The van der Waals surface area contributed by atoms with Gasteiger partial charge in [-0.2, -0.15) is 0 Å². The van der Waals surface area contributed by atoms with Crippen molar-refractivity contribution in [2.24, 2.45) is 11.8 Å². The number of benzene rings is 1. The quantitative estimate of drug-likeness (QED) is 0.0895. The Kier molecular flexibility index (Phi) is 18.8. The minimum absolute atomic E-state index is 0.0112. The average Bonchev–Trinajstić information content (AvgIpc) is 3.02. The summed E-state index contributed by atoms with van der Waals surface area (Å²) in [7, 11) is 1.24. The molecule has 5 amide bonds. The molecule has 0 aliphatic rings. The first-order valence-electron chi connectivity index (χ1n) is 18.0. The number of esters is 1. The lowest BCUT2D eigenvalue weighted by atomic mass is 9.96. The summed E-state index contributed by atoms with van der Waals surface area (Å²) in [6.07, 6.45) is 6.15. The zero-order valence-electron chi connectivity index (χ0n) is 32.0. The van der Waals surface area contributed by atoms with E-state index >= 15 is 0 Å². The molecule has 3 atom stereocenters. The molecule has 0 saturated carbocycles. The molecule has 1 aromatic rings. The maximum Gasteiger partial charge on any atom is 0.328 e. The maximum atomic E-state index is 13.6. The van der Waals surface area contributed by atoms with Gasteiger partial charge in [0.25, 0.3) is 0 Å². The van der Waals surface area contributed by atoms with E-state index in [4.69, 9.17) is 4.74 Å². The second-order valence-electron chi connectivity index (χ2n) is 15.0. The first-order chi connectivity index (χ1) is 23.3. The third-order valence-electron chi connectivity index (χ3n) is 8.28. The van der Waals surface area contributed by atoms with E-state index in [2.05, 4.69) is 33.5 Å². The fourth-order valence-corrected chi connectivity index (χ4v) is 5.33. The molecular formula is C38H63N5O7. The fraction of sp³-hybridized carbons (Fsp3) is 0.684. The topological polar surface area (TPSA) is 172 Å². The minimum atomic E-state index is -1.47. The zero-order chi connectivity index (χ0) is 38.1. The van der Waals surface area contributed by atoms with Gasteiger partial charge in [0.2, 0.25) is 29.5 Å². The van der Waals surface area contributed by atoms with Gasteiger partial charge in [0.05, 0.1) is 7.11 Å². The molecule has 1 aromatic carbocycles. The summed E-state index contributed by atoms with van der Waals surface area (Å²) < 4.78 is 4.90. The molecule has 0 saturated heterocycles. The van der Waals surface area contributed by atoms with Gasteiger partial charge in [-0.15, -0.1) is 0 Å². The smallest absolute Gasteiger partial charge is 0.328 e. The maximum absolute atomic E-state index is 13.6. The van der Waals surface area contributed by atoms with Crippen molar-refractivity contribution in [3.63, 3.8) is 0 Å². The minimum Gasteiger partial charge on any atom is -0.467 e. The van der Waals surface area contributed by atoms with E-state index in [1.54, 1.807) is 0 Å². The molecule has 0 aliphatic carbocycles. The highest BCUT2D eigenvalue weighted by molar-refractivity contribution is 5.98. The van der Waals surface area contributed by atoms with Gasteiger partial charge >= 0.3 is 5.97 Å². The Balaban J connectivity index is 3.00. The van der Waals surface area contributed by atoms with E-state index in [0.717, 1.165) is 37.7 Å². The van der Waals surface area contributed by atoms with Crippen molar-refractivity contribution in [3.8, 4) is 0 Å². The lowest BCUT2D eigenvalue weighted by Gasteiger charge is -2.33. The molecular weight excluding hydrogens is 638 g/mol. The van der Waals surface area contributed by atoms with E-state index in [-0.39, 0.29) is 30.6 Å². The number of rotatable bonds is 22. The molecule has 50 heavy (non-hydrogen) atoms. The molecule has 12 heteroatoms. The van der Waals surface area contributed by atoms with Crippen molar-refractivity contribution in [2.45, 2.75) is 149 Å². The van der Waals surface area contributed by atoms with Crippen LogP contribution in [0.15, 0.2) is 30.3 Å². The number of methoxy groups -OCH3 is 1. The van der Waals surface area contributed by atoms with Crippen LogP contribution in [0.2, 0.25) is 0 Å². The molecule has 0 heterocycles. The Hall–Kier alpha value is -3.96. The van der Waals surface area contributed by atoms with Crippen LogP contribution in [0.3, 0.4) is 0 Å². The first-order valence-corrected chi connectivity index (χ1v) is 18.0. The van der Waals surface area contributed by atoms with Gasteiger partial charge in [0, 0.05) is 12.8 Å². The monoisotopic (exact) mass is 701 g/mol. The second kappa shape index (κ2) is 21.3. The van der Waals surface area contributed by atoms with Crippen LogP contribution in [-0.2, 0) is 39.9 Å². The number of amides is 5. The Morgan fingerprint density at radius 1 is 0.660 bits per heavy atom. The van der Waals surface area contributed by atoms with Gasteiger partial charge in [-0.05, 0) is 64.4 Å². The van der Waals surface area contributed by atoms with Gasteiger partial charge < -0.3 is 31.3 Å². The number of carbonyl (C=O) groups excluding carboxylic acids is 6. The second-order valence-corrected chi connectivity index (χ2v) is 15.0. The lowest BCUT2D eigenvalue weighted by molar-refractivity contribution is -0.146. The van der Waals surface area contributed by atoms with E-state index in [1.165, 1.54) is 34.8 Å². The molecule has 282 valence electrons. The van der Waals surface area contributed by atoms with Crippen molar-refractivity contribution in [1.82, 2.24) is 26.6 Å². The molecule has 0 bridgehead atoms. The molecule has 12 nitrogen and oxygen atoms in total. The van der Waals surface area contributed by atoms with E-state index in [1.807, 2.05) is 58.0 Å². The summed E-state index contributed by atoms with van der Waals surface area (Å²) in [5.74, 6) is -3.05. The van der Waals surface area contributed by atoms with Crippen molar-refractivity contribution >= 4 is 35.5 Å². The van der Waals surface area contributed by atoms with E-state index in [9.17, 15) is 28.8 Å². The van der Waals surface area contributed by atoms with Gasteiger partial charge in [-0.3, -0.25) is 24.0 Å². The van der Waals surface area contributed by atoms with Crippen molar-refractivity contribution in [1.29, 1.82) is 0 Å². The SMILES string of the molecule is CCCCCCCC(=O)N[C@@H](CC(C)C)C(=O)NC(C)(C)C(=O)N[C@@H](CC(C)C)C(=O)NC(C)(C)C(=O)N[C@@H](Cc1ccccc1)C(=O)OC. The summed E-state index contributed by atoms with van der Waals surface area (Å²) in [6.45, 7) is 15.9. The van der Waals surface area contributed by atoms with Gasteiger partial charge in [0.15, 0.2) is 0 Å². The first kappa shape index (κ1) is 44.1. The fourth-order valence-electron chi connectivity index (χ4n) is 5.33. The van der Waals surface area contributed by atoms with Crippen molar-refractivity contribution in [3.05, 3.63) is 35.9 Å². The number of carbonyl (C=O) groups is 6. The van der Waals surface area contributed by atoms with Crippen LogP contribution >= 0.6 is 0 Å². The number of hydrogen-bond acceptors (Lipinski definition) is 7.